The highest BCUT2D eigenvalue weighted by molar-refractivity contribution is 8.13. The highest BCUT2D eigenvalue weighted by atomic mass is 32.2. The van der Waals surface area contributed by atoms with Crippen molar-refractivity contribution in [2.75, 3.05) is 13.1 Å². The number of carbonyl (C=O) groups is 1. The number of nitrogens with zero attached hydrogens (tertiary/aromatic N) is 2. The second-order valence-electron chi connectivity index (χ2n) is 5.47. The average Bonchev–Trinajstić information content (AvgIpc) is 3.08. The number of rotatable bonds is 3. The molecule has 7 heteroatoms. The summed E-state index contributed by atoms with van der Waals surface area (Å²) in [7, 11) is 0. The van der Waals surface area contributed by atoms with E-state index in [4.69, 9.17) is 0 Å². The zero-order chi connectivity index (χ0) is 17.9. The van der Waals surface area contributed by atoms with E-state index in [0.29, 0.717) is 24.0 Å². The van der Waals surface area contributed by atoms with Crippen molar-refractivity contribution < 1.29 is 18.0 Å². The number of amides is 1. The van der Waals surface area contributed by atoms with Crippen molar-refractivity contribution in [3.8, 4) is 0 Å². The molecule has 0 unspecified atom stereocenters. The summed E-state index contributed by atoms with van der Waals surface area (Å²) in [5.74, 6) is 0.189. The summed E-state index contributed by atoms with van der Waals surface area (Å²) in [5.41, 5.74) is 0.284. The molecule has 0 aromatic heterocycles. The Kier molecular flexibility index (Phi) is 5.13. The van der Waals surface area contributed by atoms with Crippen molar-refractivity contribution in [3.63, 3.8) is 0 Å². The van der Waals surface area contributed by atoms with Crippen LogP contribution in [0.15, 0.2) is 59.6 Å². The first-order valence-electron chi connectivity index (χ1n) is 7.65. The number of amidine groups is 1. The van der Waals surface area contributed by atoms with Gasteiger partial charge in [-0.2, -0.15) is 13.2 Å². The van der Waals surface area contributed by atoms with E-state index >= 15 is 0 Å². The molecule has 0 aliphatic carbocycles. The third-order valence-electron chi connectivity index (χ3n) is 3.69. The smallest absolute Gasteiger partial charge is 0.286 e. The third-order valence-corrected chi connectivity index (χ3v) is 4.78. The zero-order valence-corrected chi connectivity index (χ0v) is 14.0. The van der Waals surface area contributed by atoms with Gasteiger partial charge in [0.25, 0.3) is 5.91 Å². The van der Waals surface area contributed by atoms with Crippen LogP contribution in [0.25, 0.3) is 0 Å². The van der Waals surface area contributed by atoms with Crippen LogP contribution in [0.3, 0.4) is 0 Å². The lowest BCUT2D eigenvalue weighted by Crippen LogP contribution is -2.33. The van der Waals surface area contributed by atoms with Gasteiger partial charge in [0.05, 0.1) is 12.1 Å². The number of hydrogen-bond donors (Lipinski definition) is 0. The first kappa shape index (κ1) is 17.5. The molecule has 3 rings (SSSR count). The van der Waals surface area contributed by atoms with Gasteiger partial charge >= 0.3 is 6.18 Å². The summed E-state index contributed by atoms with van der Waals surface area (Å²) in [6.45, 7) is 0.841. The SMILES string of the molecule is O=C(c1cccc(C(F)(F)F)c1)N1CCN=C1SCc1ccccc1. The number of carbonyl (C=O) groups excluding carboxylic acids is 1. The molecule has 1 aliphatic rings. The van der Waals surface area contributed by atoms with E-state index < -0.39 is 17.6 Å². The number of halogens is 3. The number of aliphatic imine (C=N–C) groups is 1. The van der Waals surface area contributed by atoms with Crippen LogP contribution in [0.5, 0.6) is 0 Å². The van der Waals surface area contributed by atoms with E-state index in [1.165, 1.54) is 28.8 Å². The van der Waals surface area contributed by atoms with Crippen molar-refractivity contribution in [2.24, 2.45) is 4.99 Å². The Balaban J connectivity index is 1.72. The van der Waals surface area contributed by atoms with E-state index in [-0.39, 0.29) is 5.56 Å². The van der Waals surface area contributed by atoms with E-state index in [1.807, 2.05) is 30.3 Å². The normalized spacial score (nSPS) is 14.5. The summed E-state index contributed by atoms with van der Waals surface area (Å²) in [6, 6.07) is 14.2. The Morgan fingerprint density at radius 2 is 1.88 bits per heavy atom. The standard InChI is InChI=1S/C18H15F3N2OS/c19-18(20,21)15-8-4-7-14(11-15)16(24)23-10-9-22-17(23)25-12-13-5-2-1-3-6-13/h1-8,11H,9-10,12H2. The van der Waals surface area contributed by atoms with Gasteiger partial charge in [0.1, 0.15) is 0 Å². The molecule has 0 saturated carbocycles. The fraction of sp³-hybridized carbons (Fsp3) is 0.222. The molecule has 1 amide bonds. The molecule has 0 atom stereocenters. The highest BCUT2D eigenvalue weighted by Gasteiger charge is 2.32. The summed E-state index contributed by atoms with van der Waals surface area (Å²) in [4.78, 5) is 18.4. The lowest BCUT2D eigenvalue weighted by molar-refractivity contribution is -0.137. The molecule has 1 aliphatic heterocycles. The monoisotopic (exact) mass is 364 g/mol. The van der Waals surface area contributed by atoms with Crippen molar-refractivity contribution in [2.45, 2.75) is 11.9 Å². The maximum atomic E-state index is 12.8. The molecular weight excluding hydrogens is 349 g/mol. The lowest BCUT2D eigenvalue weighted by atomic mass is 10.1. The minimum Gasteiger partial charge on any atom is -0.286 e. The number of benzene rings is 2. The van der Waals surface area contributed by atoms with Gasteiger partial charge in [-0.3, -0.25) is 14.7 Å². The van der Waals surface area contributed by atoms with Crippen LogP contribution >= 0.6 is 11.8 Å². The van der Waals surface area contributed by atoms with Gasteiger partial charge < -0.3 is 0 Å². The molecule has 2 aromatic carbocycles. The van der Waals surface area contributed by atoms with Crippen LogP contribution < -0.4 is 0 Å². The molecule has 0 saturated heterocycles. The van der Waals surface area contributed by atoms with Crippen molar-refractivity contribution >= 4 is 22.8 Å². The Bertz CT molecular complexity index is 790. The fourth-order valence-corrected chi connectivity index (χ4v) is 3.45. The van der Waals surface area contributed by atoms with Crippen molar-refractivity contribution in [1.29, 1.82) is 0 Å². The summed E-state index contributed by atoms with van der Waals surface area (Å²) < 4.78 is 38.5. The number of hydrogen-bond acceptors (Lipinski definition) is 3. The highest BCUT2D eigenvalue weighted by Crippen LogP contribution is 2.30. The van der Waals surface area contributed by atoms with Gasteiger partial charge in [0, 0.05) is 17.9 Å². The first-order chi connectivity index (χ1) is 11.9. The Morgan fingerprint density at radius 1 is 1.12 bits per heavy atom. The van der Waals surface area contributed by atoms with Crippen molar-refractivity contribution in [3.05, 3.63) is 71.3 Å². The molecule has 1 heterocycles. The molecule has 3 nitrogen and oxygen atoms in total. The van der Waals surface area contributed by atoms with Gasteiger partial charge in [0.15, 0.2) is 5.17 Å². The van der Waals surface area contributed by atoms with Gasteiger partial charge in [-0.15, -0.1) is 0 Å². The number of alkyl halides is 3. The quantitative estimate of drug-likeness (QED) is 0.806. The molecule has 0 fully saturated rings. The molecule has 0 radical (unpaired) electrons. The van der Waals surface area contributed by atoms with E-state index in [9.17, 15) is 18.0 Å². The lowest BCUT2D eigenvalue weighted by Gasteiger charge is -2.18. The molecule has 0 spiro atoms. The maximum absolute atomic E-state index is 12.8. The van der Waals surface area contributed by atoms with Crippen LogP contribution in [0.2, 0.25) is 0 Å². The van der Waals surface area contributed by atoms with Crippen LogP contribution in [0, 0.1) is 0 Å². The van der Waals surface area contributed by atoms with E-state index in [0.717, 1.165) is 17.7 Å². The molecule has 130 valence electrons. The molecule has 25 heavy (non-hydrogen) atoms. The second-order valence-corrected chi connectivity index (χ2v) is 6.42. The fourth-order valence-electron chi connectivity index (χ4n) is 2.45. The van der Waals surface area contributed by atoms with E-state index in [1.54, 1.807) is 0 Å². The largest absolute Gasteiger partial charge is 0.416 e. The third kappa shape index (κ3) is 4.22. The molecule has 2 aromatic rings. The minimum atomic E-state index is -4.47. The summed E-state index contributed by atoms with van der Waals surface area (Å²) >= 11 is 1.41. The Labute approximate surface area is 147 Å². The van der Waals surface area contributed by atoms with E-state index in [2.05, 4.69) is 4.99 Å². The Morgan fingerprint density at radius 3 is 2.60 bits per heavy atom. The van der Waals surface area contributed by atoms with Gasteiger partial charge in [-0.05, 0) is 23.8 Å². The minimum absolute atomic E-state index is 0.0183. The van der Waals surface area contributed by atoms with Crippen LogP contribution in [-0.2, 0) is 11.9 Å². The average molecular weight is 364 g/mol. The van der Waals surface area contributed by atoms with Crippen LogP contribution in [0.4, 0.5) is 13.2 Å². The van der Waals surface area contributed by atoms with Crippen LogP contribution in [0.1, 0.15) is 21.5 Å². The van der Waals surface area contributed by atoms with Crippen LogP contribution in [-0.4, -0.2) is 29.1 Å². The predicted molar refractivity (Wildman–Crippen MR) is 92.5 cm³/mol. The summed E-state index contributed by atoms with van der Waals surface area (Å²) in [6.07, 6.45) is -4.47. The predicted octanol–water partition coefficient (Wildman–Crippen LogP) is 4.45. The molecule has 0 N–H and O–H groups in total. The van der Waals surface area contributed by atoms with Gasteiger partial charge in [0.2, 0.25) is 0 Å². The Hall–Kier alpha value is -2.28. The number of thioether (sulfide) groups is 1. The maximum Gasteiger partial charge on any atom is 0.416 e. The topological polar surface area (TPSA) is 32.7 Å². The molecular formula is C18H15F3N2OS. The molecule has 0 bridgehead atoms. The van der Waals surface area contributed by atoms with Gasteiger partial charge in [-0.1, -0.05) is 48.2 Å². The summed E-state index contributed by atoms with van der Waals surface area (Å²) in [5, 5.41) is 0.547. The van der Waals surface area contributed by atoms with Crippen molar-refractivity contribution in [1.82, 2.24) is 4.90 Å². The van der Waals surface area contributed by atoms with Gasteiger partial charge in [-0.25, -0.2) is 0 Å². The zero-order valence-electron chi connectivity index (χ0n) is 13.2. The first-order valence-corrected chi connectivity index (χ1v) is 8.64. The second kappa shape index (κ2) is 7.31.